The van der Waals surface area contributed by atoms with Crippen LogP contribution >= 0.6 is 0 Å². The van der Waals surface area contributed by atoms with E-state index in [4.69, 9.17) is 5.11 Å². The maximum atomic E-state index is 10.5. The second kappa shape index (κ2) is 9.00. The first-order valence-corrected chi connectivity index (χ1v) is 4.52. The van der Waals surface area contributed by atoms with Crippen molar-refractivity contribution in [3.05, 3.63) is 0 Å². The molecule has 0 aliphatic heterocycles. The fraction of sp³-hybridized carbons (Fsp3) is 0.889. The van der Waals surface area contributed by atoms with E-state index in [2.05, 4.69) is 6.92 Å². The molecule has 1 unspecified atom stereocenters. The average Bonchev–Trinajstić information content (AvgIpc) is 2.03. The molecule has 0 aromatic carbocycles. The summed E-state index contributed by atoms with van der Waals surface area (Å²) in [7, 11) is 1.86. The fourth-order valence-corrected chi connectivity index (χ4v) is 0.993. The number of nitrogens with zero attached hydrogens (tertiary/aromatic N) is 1. The molecular formula is C9H20NNaO2. The van der Waals surface area contributed by atoms with Crippen LogP contribution in [0.5, 0.6) is 0 Å². The molecule has 0 aromatic rings. The van der Waals surface area contributed by atoms with Crippen LogP contribution in [-0.2, 0) is 4.79 Å². The molecule has 0 saturated heterocycles. The van der Waals surface area contributed by atoms with Gasteiger partial charge >= 0.3 is 35.5 Å². The molecule has 13 heavy (non-hydrogen) atoms. The number of aliphatic carboxylic acids is 1. The number of carboxylic acids is 1. The van der Waals surface area contributed by atoms with Crippen molar-refractivity contribution >= 4 is 35.5 Å². The Bertz CT molecular complexity index is 142. The van der Waals surface area contributed by atoms with Crippen molar-refractivity contribution in [3.8, 4) is 0 Å². The van der Waals surface area contributed by atoms with E-state index >= 15 is 0 Å². The minimum atomic E-state index is -0.742. The summed E-state index contributed by atoms with van der Waals surface area (Å²) in [6.45, 7) is 4.73. The van der Waals surface area contributed by atoms with Crippen LogP contribution in [-0.4, -0.2) is 65.2 Å². The van der Waals surface area contributed by atoms with Gasteiger partial charge in [-0.3, -0.25) is 9.69 Å². The summed E-state index contributed by atoms with van der Waals surface area (Å²) < 4.78 is 0. The van der Waals surface area contributed by atoms with Crippen LogP contribution in [0.4, 0.5) is 0 Å². The van der Waals surface area contributed by atoms with E-state index in [9.17, 15) is 4.79 Å². The molecular weight excluding hydrogens is 177 g/mol. The van der Waals surface area contributed by atoms with E-state index in [1.54, 1.807) is 6.92 Å². The van der Waals surface area contributed by atoms with Gasteiger partial charge < -0.3 is 5.11 Å². The summed E-state index contributed by atoms with van der Waals surface area (Å²) in [5.74, 6) is -0.742. The van der Waals surface area contributed by atoms with Crippen molar-refractivity contribution in [2.45, 2.75) is 39.2 Å². The number of carbonyl (C=O) groups is 1. The van der Waals surface area contributed by atoms with E-state index in [1.807, 2.05) is 11.9 Å². The normalized spacial score (nSPS) is 12.3. The molecule has 0 spiro atoms. The Kier molecular flexibility index (Phi) is 11.0. The van der Waals surface area contributed by atoms with Gasteiger partial charge in [-0.05, 0) is 26.9 Å². The van der Waals surface area contributed by atoms with Gasteiger partial charge in [0.1, 0.15) is 6.04 Å². The predicted molar refractivity (Wildman–Crippen MR) is 56.4 cm³/mol. The molecule has 0 amide bonds. The van der Waals surface area contributed by atoms with Gasteiger partial charge in [0.2, 0.25) is 0 Å². The van der Waals surface area contributed by atoms with Gasteiger partial charge in [0.15, 0.2) is 0 Å². The zero-order chi connectivity index (χ0) is 9.56. The molecule has 0 aromatic heterocycles. The Labute approximate surface area is 103 Å². The molecule has 74 valence electrons. The second-order valence-corrected chi connectivity index (χ2v) is 3.20. The maximum absolute atomic E-state index is 10.5. The molecule has 0 aliphatic carbocycles. The minimum absolute atomic E-state index is 0. The Morgan fingerprint density at radius 1 is 1.46 bits per heavy atom. The third-order valence-electron chi connectivity index (χ3n) is 2.13. The SMILES string of the molecule is CCCCCN(C)C(C)C(=O)O.[NaH]. The van der Waals surface area contributed by atoms with E-state index in [0.29, 0.717) is 0 Å². The van der Waals surface area contributed by atoms with Crippen molar-refractivity contribution in [2.24, 2.45) is 0 Å². The van der Waals surface area contributed by atoms with E-state index in [1.165, 1.54) is 12.8 Å². The number of hydrogen-bond donors (Lipinski definition) is 1. The monoisotopic (exact) mass is 197 g/mol. The summed E-state index contributed by atoms with van der Waals surface area (Å²) in [6.07, 6.45) is 3.44. The molecule has 1 N–H and O–H groups in total. The first kappa shape index (κ1) is 15.9. The molecule has 0 saturated carbocycles. The molecule has 0 rings (SSSR count). The summed E-state index contributed by atoms with van der Waals surface area (Å²) >= 11 is 0. The molecule has 0 heterocycles. The van der Waals surface area contributed by atoms with Gasteiger partial charge in [-0.15, -0.1) is 0 Å². The Hall–Kier alpha value is 0.430. The topological polar surface area (TPSA) is 40.5 Å². The number of hydrogen-bond acceptors (Lipinski definition) is 2. The van der Waals surface area contributed by atoms with Crippen molar-refractivity contribution < 1.29 is 9.90 Å². The Morgan fingerprint density at radius 2 is 2.00 bits per heavy atom. The van der Waals surface area contributed by atoms with Gasteiger partial charge in [0, 0.05) is 0 Å². The van der Waals surface area contributed by atoms with Gasteiger partial charge in [-0.2, -0.15) is 0 Å². The zero-order valence-corrected chi connectivity index (χ0v) is 8.21. The van der Waals surface area contributed by atoms with E-state index in [-0.39, 0.29) is 35.6 Å². The molecule has 0 fully saturated rings. The molecule has 3 nitrogen and oxygen atoms in total. The fourth-order valence-electron chi connectivity index (χ4n) is 0.993. The quantitative estimate of drug-likeness (QED) is 0.508. The predicted octanol–water partition coefficient (Wildman–Crippen LogP) is 0.933. The van der Waals surface area contributed by atoms with Crippen LogP contribution in [0.1, 0.15) is 33.1 Å². The number of unbranched alkanes of at least 4 members (excludes halogenated alkanes) is 2. The summed E-state index contributed by atoms with van der Waals surface area (Å²) in [5, 5.41) is 8.67. The van der Waals surface area contributed by atoms with Crippen molar-refractivity contribution in [2.75, 3.05) is 13.6 Å². The summed E-state index contributed by atoms with van der Waals surface area (Å²) in [5.41, 5.74) is 0. The number of likely N-dealkylation sites (N-methyl/N-ethyl adjacent to an activating group) is 1. The third-order valence-corrected chi connectivity index (χ3v) is 2.13. The van der Waals surface area contributed by atoms with Crippen LogP contribution < -0.4 is 0 Å². The number of rotatable bonds is 6. The first-order chi connectivity index (χ1) is 5.59. The molecule has 0 aliphatic rings. The van der Waals surface area contributed by atoms with Crippen LogP contribution in [0.2, 0.25) is 0 Å². The van der Waals surface area contributed by atoms with Crippen LogP contribution in [0.3, 0.4) is 0 Å². The van der Waals surface area contributed by atoms with E-state index < -0.39 is 5.97 Å². The van der Waals surface area contributed by atoms with Gasteiger partial charge in [-0.25, -0.2) is 0 Å². The van der Waals surface area contributed by atoms with Gasteiger partial charge in [0.05, 0.1) is 0 Å². The Balaban J connectivity index is 0. The first-order valence-electron chi connectivity index (χ1n) is 4.52. The van der Waals surface area contributed by atoms with Crippen LogP contribution in [0.15, 0.2) is 0 Å². The summed E-state index contributed by atoms with van der Waals surface area (Å²) in [4.78, 5) is 12.4. The third kappa shape index (κ3) is 7.50. The second-order valence-electron chi connectivity index (χ2n) is 3.20. The molecule has 1 atom stereocenters. The van der Waals surface area contributed by atoms with Crippen LogP contribution in [0.25, 0.3) is 0 Å². The van der Waals surface area contributed by atoms with Gasteiger partial charge in [-0.1, -0.05) is 19.8 Å². The standard InChI is InChI=1S/C9H19NO2.Na.H/c1-4-5-6-7-10(3)8(2)9(11)12;;/h8H,4-7H2,1-3H3,(H,11,12);;. The van der Waals surface area contributed by atoms with Crippen LogP contribution in [0, 0.1) is 0 Å². The number of carboxylic acid groups (broad SMARTS) is 1. The average molecular weight is 197 g/mol. The van der Waals surface area contributed by atoms with E-state index in [0.717, 1.165) is 13.0 Å². The summed E-state index contributed by atoms with van der Waals surface area (Å²) in [6, 6.07) is -0.359. The van der Waals surface area contributed by atoms with Crippen molar-refractivity contribution in [1.29, 1.82) is 0 Å². The van der Waals surface area contributed by atoms with Gasteiger partial charge in [0.25, 0.3) is 0 Å². The zero-order valence-electron chi connectivity index (χ0n) is 8.21. The molecule has 4 heteroatoms. The van der Waals surface area contributed by atoms with Crippen molar-refractivity contribution in [1.82, 2.24) is 4.90 Å². The molecule has 0 bridgehead atoms. The Morgan fingerprint density at radius 3 is 2.38 bits per heavy atom. The van der Waals surface area contributed by atoms with Crippen molar-refractivity contribution in [3.63, 3.8) is 0 Å². The molecule has 0 radical (unpaired) electrons.